The third kappa shape index (κ3) is 4.57. The molecule has 6 rings (SSSR count). The first-order valence-corrected chi connectivity index (χ1v) is 13.1. The Bertz CT molecular complexity index is 1200. The predicted molar refractivity (Wildman–Crippen MR) is 141 cm³/mol. The number of rotatable bonds is 8. The second-order valence-corrected chi connectivity index (χ2v) is 10.8. The van der Waals surface area contributed by atoms with Crippen molar-refractivity contribution in [3.05, 3.63) is 41.1 Å². The van der Waals surface area contributed by atoms with Gasteiger partial charge in [-0.05, 0) is 54.7 Å². The summed E-state index contributed by atoms with van der Waals surface area (Å²) in [4.78, 5) is 23.7. The Morgan fingerprint density at radius 3 is 2.92 bits per heavy atom. The summed E-state index contributed by atoms with van der Waals surface area (Å²) in [5.74, 6) is 2.26. The van der Waals surface area contributed by atoms with E-state index in [9.17, 15) is 4.79 Å². The van der Waals surface area contributed by atoms with Crippen LogP contribution in [0.1, 0.15) is 24.8 Å². The standard InChI is InChI=1S/C26H32ClN7O2/c1-36-21-9-17-13-34(12-14-2-3-14)7-6-29-19(17)10-20(21)31-26-30-11-18(27)25(33-26)32-23-16-5-4-15(8-16)22(23)24(28)35/h4-5,9-11,14-16,22-23,29H,2-3,6-8,12-13H2,1H3,(H2,28,35)(H2,30,31,32,33)/t15-,16+,22+,23-/m1/s1. The van der Waals surface area contributed by atoms with Crippen LogP contribution in [0, 0.1) is 23.7 Å². The number of nitrogens with zero attached hydrogens (tertiary/aromatic N) is 3. The van der Waals surface area contributed by atoms with Crippen molar-refractivity contribution in [2.45, 2.75) is 31.8 Å². The lowest BCUT2D eigenvalue weighted by Crippen LogP contribution is -2.41. The molecule has 2 bridgehead atoms. The van der Waals surface area contributed by atoms with Gasteiger partial charge in [0.1, 0.15) is 10.8 Å². The lowest BCUT2D eigenvalue weighted by molar-refractivity contribution is -0.122. The Labute approximate surface area is 215 Å². The summed E-state index contributed by atoms with van der Waals surface area (Å²) in [6, 6.07) is 4.01. The Morgan fingerprint density at radius 1 is 1.31 bits per heavy atom. The van der Waals surface area contributed by atoms with Crippen LogP contribution in [0.5, 0.6) is 5.75 Å². The quantitative estimate of drug-likeness (QED) is 0.399. The van der Waals surface area contributed by atoms with Crippen molar-refractivity contribution in [1.82, 2.24) is 14.9 Å². The Kier molecular flexibility index (Phi) is 6.13. The van der Waals surface area contributed by atoms with Crippen molar-refractivity contribution in [2.24, 2.45) is 29.4 Å². The van der Waals surface area contributed by atoms with Gasteiger partial charge in [0.15, 0.2) is 5.82 Å². The van der Waals surface area contributed by atoms with E-state index in [1.54, 1.807) is 13.3 Å². The van der Waals surface area contributed by atoms with Crippen molar-refractivity contribution in [3.8, 4) is 5.75 Å². The summed E-state index contributed by atoms with van der Waals surface area (Å²) in [5.41, 5.74) is 8.79. The van der Waals surface area contributed by atoms with Crippen LogP contribution in [0.3, 0.4) is 0 Å². The number of amides is 1. The first-order chi connectivity index (χ1) is 17.5. The first kappa shape index (κ1) is 23.4. The van der Waals surface area contributed by atoms with Crippen molar-refractivity contribution in [3.63, 3.8) is 0 Å². The fourth-order valence-electron chi connectivity index (χ4n) is 5.89. The van der Waals surface area contributed by atoms with Gasteiger partial charge in [0.25, 0.3) is 0 Å². The van der Waals surface area contributed by atoms with Gasteiger partial charge in [-0.2, -0.15) is 4.98 Å². The maximum atomic E-state index is 12.1. The number of allylic oxidation sites excluding steroid dienone is 1. The van der Waals surface area contributed by atoms with Gasteiger partial charge >= 0.3 is 0 Å². The molecule has 36 heavy (non-hydrogen) atoms. The molecule has 10 heteroatoms. The third-order valence-electron chi connectivity index (χ3n) is 7.86. The molecule has 2 saturated carbocycles. The third-order valence-corrected chi connectivity index (χ3v) is 8.13. The van der Waals surface area contributed by atoms with Crippen LogP contribution in [-0.4, -0.2) is 53.6 Å². The van der Waals surface area contributed by atoms with Crippen LogP contribution in [0.15, 0.2) is 30.5 Å². The van der Waals surface area contributed by atoms with Crippen LogP contribution < -0.4 is 26.4 Å². The SMILES string of the molecule is COc1cc2c(cc1Nc1ncc(Cl)c(N[C@H]3[C@@H](C(N)=O)[C@@H]4C=C[C@H]3C4)n1)NCCN(CC1CC1)C2. The lowest BCUT2D eigenvalue weighted by Gasteiger charge is -2.27. The number of ether oxygens (including phenoxy) is 1. The number of nitrogens with two attached hydrogens (primary N) is 1. The molecular weight excluding hydrogens is 478 g/mol. The van der Waals surface area contributed by atoms with Crippen molar-refractivity contribution in [1.29, 1.82) is 0 Å². The molecule has 1 aromatic carbocycles. The molecule has 4 aliphatic rings. The molecule has 4 atom stereocenters. The minimum absolute atomic E-state index is 0.137. The molecule has 9 nitrogen and oxygen atoms in total. The highest BCUT2D eigenvalue weighted by Crippen LogP contribution is 2.45. The number of nitrogens with one attached hydrogen (secondary N) is 3. The molecule has 0 saturated heterocycles. The molecule has 5 N–H and O–H groups in total. The van der Waals surface area contributed by atoms with Gasteiger partial charge < -0.3 is 26.4 Å². The van der Waals surface area contributed by atoms with Crippen LogP contribution in [0.2, 0.25) is 5.02 Å². The van der Waals surface area contributed by atoms with E-state index in [0.29, 0.717) is 16.8 Å². The van der Waals surface area contributed by atoms with Gasteiger partial charge in [0, 0.05) is 37.9 Å². The van der Waals surface area contributed by atoms with E-state index in [-0.39, 0.29) is 29.7 Å². The molecule has 3 aliphatic carbocycles. The maximum absolute atomic E-state index is 12.1. The van der Waals surface area contributed by atoms with Gasteiger partial charge in [0.05, 0.1) is 24.9 Å². The molecule has 2 fully saturated rings. The minimum Gasteiger partial charge on any atom is -0.495 e. The van der Waals surface area contributed by atoms with E-state index in [1.165, 1.54) is 18.4 Å². The number of halogens is 1. The zero-order valence-corrected chi connectivity index (χ0v) is 21.1. The molecule has 1 aromatic heterocycles. The fraction of sp³-hybridized carbons (Fsp3) is 0.500. The molecule has 0 spiro atoms. The molecule has 0 radical (unpaired) electrons. The second-order valence-electron chi connectivity index (χ2n) is 10.4. The van der Waals surface area contributed by atoms with Crippen LogP contribution in [0.25, 0.3) is 0 Å². The molecule has 1 amide bonds. The number of fused-ring (bicyclic) bond motifs is 3. The summed E-state index contributed by atoms with van der Waals surface area (Å²) in [5, 5.41) is 10.6. The van der Waals surface area contributed by atoms with Gasteiger partial charge in [-0.3, -0.25) is 9.69 Å². The number of methoxy groups -OCH3 is 1. The monoisotopic (exact) mass is 509 g/mol. The molecule has 2 aromatic rings. The van der Waals surface area contributed by atoms with Gasteiger partial charge in [0.2, 0.25) is 11.9 Å². The summed E-state index contributed by atoms with van der Waals surface area (Å²) in [6.45, 7) is 3.99. The highest BCUT2D eigenvalue weighted by molar-refractivity contribution is 6.32. The molecule has 190 valence electrons. The van der Waals surface area contributed by atoms with Crippen LogP contribution >= 0.6 is 11.6 Å². The smallest absolute Gasteiger partial charge is 0.229 e. The zero-order valence-electron chi connectivity index (χ0n) is 20.3. The van der Waals surface area contributed by atoms with Crippen molar-refractivity contribution in [2.75, 3.05) is 42.7 Å². The number of primary amides is 1. The van der Waals surface area contributed by atoms with Gasteiger partial charge in [-0.15, -0.1) is 0 Å². The van der Waals surface area contributed by atoms with Crippen molar-refractivity contribution < 1.29 is 9.53 Å². The van der Waals surface area contributed by atoms with Crippen LogP contribution in [-0.2, 0) is 11.3 Å². The highest BCUT2D eigenvalue weighted by atomic mass is 35.5. The highest BCUT2D eigenvalue weighted by Gasteiger charge is 2.47. The first-order valence-electron chi connectivity index (χ1n) is 12.7. The molecular formula is C26H32ClN7O2. The Morgan fingerprint density at radius 2 is 2.14 bits per heavy atom. The van der Waals surface area contributed by atoms with E-state index < -0.39 is 0 Å². The molecule has 0 unspecified atom stereocenters. The number of hydrogen-bond donors (Lipinski definition) is 4. The number of anilines is 4. The molecule has 2 heterocycles. The zero-order chi connectivity index (χ0) is 24.8. The van der Waals surface area contributed by atoms with E-state index in [0.717, 1.165) is 55.6 Å². The van der Waals surface area contributed by atoms with Crippen LogP contribution in [0.4, 0.5) is 23.1 Å². The fourth-order valence-corrected chi connectivity index (χ4v) is 6.03. The number of hydrogen-bond acceptors (Lipinski definition) is 8. The number of carbonyl (C=O) groups excluding carboxylic acids is 1. The van der Waals surface area contributed by atoms with Gasteiger partial charge in [-0.1, -0.05) is 23.8 Å². The number of carbonyl (C=O) groups is 1. The Balaban J connectivity index is 1.23. The summed E-state index contributed by atoms with van der Waals surface area (Å²) in [6.07, 6.45) is 9.42. The number of benzene rings is 1. The second kappa shape index (κ2) is 9.44. The Hall–Kier alpha value is -3.04. The topological polar surface area (TPSA) is 117 Å². The van der Waals surface area contributed by atoms with E-state index in [1.807, 2.05) is 0 Å². The van der Waals surface area contributed by atoms with E-state index in [2.05, 4.69) is 55.1 Å². The summed E-state index contributed by atoms with van der Waals surface area (Å²) < 4.78 is 5.72. The summed E-state index contributed by atoms with van der Waals surface area (Å²) in [7, 11) is 1.67. The minimum atomic E-state index is -0.300. The van der Waals surface area contributed by atoms with Gasteiger partial charge in [-0.25, -0.2) is 4.98 Å². The lowest BCUT2D eigenvalue weighted by atomic mass is 9.88. The normalized spacial score (nSPS) is 26.7. The van der Waals surface area contributed by atoms with E-state index >= 15 is 0 Å². The van der Waals surface area contributed by atoms with E-state index in [4.69, 9.17) is 22.1 Å². The average molecular weight is 510 g/mol. The van der Waals surface area contributed by atoms with Crippen molar-refractivity contribution >= 4 is 40.6 Å². The largest absolute Gasteiger partial charge is 0.495 e. The molecule has 1 aliphatic heterocycles. The average Bonchev–Trinajstić information content (AvgIpc) is 3.50. The maximum Gasteiger partial charge on any atom is 0.229 e. The number of aromatic nitrogens is 2. The summed E-state index contributed by atoms with van der Waals surface area (Å²) >= 11 is 6.44. The predicted octanol–water partition coefficient (Wildman–Crippen LogP) is 3.61.